The van der Waals surface area contributed by atoms with Crippen molar-refractivity contribution in [2.45, 2.75) is 30.6 Å². The highest BCUT2D eigenvalue weighted by Gasteiger charge is 2.31. The Kier molecular flexibility index (Phi) is 4.06. The Labute approximate surface area is 107 Å². The lowest BCUT2D eigenvalue weighted by atomic mass is 9.75. The second-order valence-corrected chi connectivity index (χ2v) is 5.27. The molecule has 0 heterocycles. The van der Waals surface area contributed by atoms with Gasteiger partial charge in [-0.2, -0.15) is 0 Å². The molecule has 92 valence electrons. The predicted octanol–water partition coefficient (Wildman–Crippen LogP) is 3.42. The number of hydrogen-bond acceptors (Lipinski definition) is 2. The number of benzene rings is 1. The van der Waals surface area contributed by atoms with Crippen LogP contribution in [0.1, 0.15) is 30.7 Å². The number of alkyl halides is 1. The van der Waals surface area contributed by atoms with Crippen LogP contribution < -0.4 is 5.32 Å². The number of anilines is 1. The van der Waals surface area contributed by atoms with E-state index in [2.05, 4.69) is 17.4 Å². The van der Waals surface area contributed by atoms with Gasteiger partial charge in [0.05, 0.1) is 0 Å². The third kappa shape index (κ3) is 2.63. The molecule has 0 aliphatic heterocycles. The average molecular weight is 252 g/mol. The van der Waals surface area contributed by atoms with E-state index in [1.165, 1.54) is 5.56 Å². The van der Waals surface area contributed by atoms with E-state index in [1.54, 1.807) is 0 Å². The first-order valence-electron chi connectivity index (χ1n) is 6.12. The second kappa shape index (κ2) is 5.54. The summed E-state index contributed by atoms with van der Waals surface area (Å²) in [7, 11) is 1.92. The standard InChI is InChI=1S/C14H18ClNO/c1-16-14-5-3-2-4-13(14)12-7-6-11(15)8-10(12)9-17/h2-5,9-12,16H,6-8H2,1H3/t10-,11-,12-/m1/s1. The van der Waals surface area contributed by atoms with E-state index in [1.807, 2.05) is 19.2 Å². The van der Waals surface area contributed by atoms with Gasteiger partial charge in [0, 0.05) is 24.0 Å². The molecule has 1 aromatic rings. The fourth-order valence-electron chi connectivity index (χ4n) is 2.74. The summed E-state index contributed by atoms with van der Waals surface area (Å²) in [5.41, 5.74) is 2.37. The molecule has 3 heteroatoms. The third-order valence-electron chi connectivity index (χ3n) is 3.64. The van der Waals surface area contributed by atoms with Crippen LogP contribution in [0.3, 0.4) is 0 Å². The molecular formula is C14H18ClNO. The van der Waals surface area contributed by atoms with Crippen LogP contribution in [0.15, 0.2) is 24.3 Å². The minimum Gasteiger partial charge on any atom is -0.388 e. The topological polar surface area (TPSA) is 29.1 Å². The van der Waals surface area contributed by atoms with E-state index in [0.29, 0.717) is 5.92 Å². The Hall–Kier alpha value is -1.02. The molecule has 1 aromatic carbocycles. The molecule has 3 atom stereocenters. The predicted molar refractivity (Wildman–Crippen MR) is 71.8 cm³/mol. The number of para-hydroxylation sites is 1. The molecule has 2 rings (SSSR count). The number of carbonyl (C=O) groups is 1. The molecule has 2 nitrogen and oxygen atoms in total. The lowest BCUT2D eigenvalue weighted by Gasteiger charge is -2.32. The first-order chi connectivity index (χ1) is 8.26. The highest BCUT2D eigenvalue weighted by molar-refractivity contribution is 6.20. The summed E-state index contributed by atoms with van der Waals surface area (Å²) in [6, 6.07) is 8.22. The van der Waals surface area contributed by atoms with Crippen LogP contribution in [0.25, 0.3) is 0 Å². The normalized spacial score (nSPS) is 28.7. The first kappa shape index (κ1) is 12.4. The molecule has 0 amide bonds. The maximum atomic E-state index is 11.2. The van der Waals surface area contributed by atoms with Crippen LogP contribution in [0, 0.1) is 5.92 Å². The van der Waals surface area contributed by atoms with Crippen LogP contribution in [0.5, 0.6) is 0 Å². The monoisotopic (exact) mass is 251 g/mol. The number of halogens is 1. The summed E-state index contributed by atoms with van der Waals surface area (Å²) in [5.74, 6) is 0.367. The summed E-state index contributed by atoms with van der Waals surface area (Å²) in [4.78, 5) is 11.2. The Morgan fingerprint density at radius 3 is 2.82 bits per heavy atom. The van der Waals surface area contributed by atoms with Crippen LogP contribution in [-0.2, 0) is 4.79 Å². The number of nitrogens with one attached hydrogen (secondary N) is 1. The van der Waals surface area contributed by atoms with E-state index >= 15 is 0 Å². The summed E-state index contributed by atoms with van der Waals surface area (Å²) < 4.78 is 0. The molecule has 1 aliphatic carbocycles. The van der Waals surface area contributed by atoms with Gasteiger partial charge in [-0.15, -0.1) is 11.6 Å². The van der Waals surface area contributed by atoms with Crippen molar-refractivity contribution in [1.82, 2.24) is 0 Å². The molecule has 17 heavy (non-hydrogen) atoms. The Bertz CT molecular complexity index is 394. The van der Waals surface area contributed by atoms with Gasteiger partial charge in [0.15, 0.2) is 0 Å². The zero-order valence-corrected chi connectivity index (χ0v) is 10.8. The Morgan fingerprint density at radius 2 is 2.12 bits per heavy atom. The SMILES string of the molecule is CNc1ccccc1[C@@H]1CC[C@@H](Cl)C[C@@H]1C=O. The summed E-state index contributed by atoms with van der Waals surface area (Å²) in [6.07, 6.45) is 3.87. The highest BCUT2D eigenvalue weighted by Crippen LogP contribution is 2.41. The molecule has 0 unspecified atom stereocenters. The third-order valence-corrected chi connectivity index (χ3v) is 4.04. The Balaban J connectivity index is 2.28. The average Bonchev–Trinajstić information content (AvgIpc) is 2.38. The smallest absolute Gasteiger partial charge is 0.123 e. The minimum absolute atomic E-state index is 0.0562. The fourth-order valence-corrected chi connectivity index (χ4v) is 3.07. The molecule has 1 aliphatic rings. The number of carbonyl (C=O) groups excluding carboxylic acids is 1. The molecular weight excluding hydrogens is 234 g/mol. The van der Waals surface area contributed by atoms with Crippen molar-refractivity contribution in [3.05, 3.63) is 29.8 Å². The van der Waals surface area contributed by atoms with Crippen molar-refractivity contribution >= 4 is 23.6 Å². The zero-order chi connectivity index (χ0) is 12.3. The van der Waals surface area contributed by atoms with Crippen molar-refractivity contribution in [1.29, 1.82) is 0 Å². The lowest BCUT2D eigenvalue weighted by Crippen LogP contribution is -2.25. The number of aldehydes is 1. The minimum atomic E-state index is 0.0562. The van der Waals surface area contributed by atoms with Crippen molar-refractivity contribution in [2.75, 3.05) is 12.4 Å². The molecule has 0 aromatic heterocycles. The first-order valence-corrected chi connectivity index (χ1v) is 6.56. The molecule has 0 saturated heterocycles. The lowest BCUT2D eigenvalue weighted by molar-refractivity contribution is -0.112. The number of rotatable bonds is 3. The van der Waals surface area contributed by atoms with Crippen molar-refractivity contribution in [2.24, 2.45) is 5.92 Å². The quantitative estimate of drug-likeness (QED) is 0.659. The van der Waals surface area contributed by atoms with E-state index in [0.717, 1.165) is 31.2 Å². The van der Waals surface area contributed by atoms with Gasteiger partial charge in [-0.3, -0.25) is 0 Å². The van der Waals surface area contributed by atoms with Gasteiger partial charge < -0.3 is 10.1 Å². The van der Waals surface area contributed by atoms with Gasteiger partial charge in [-0.05, 0) is 36.8 Å². The van der Waals surface area contributed by atoms with Crippen molar-refractivity contribution in [3.63, 3.8) is 0 Å². The second-order valence-electron chi connectivity index (χ2n) is 4.65. The highest BCUT2D eigenvalue weighted by atomic mass is 35.5. The largest absolute Gasteiger partial charge is 0.388 e. The van der Waals surface area contributed by atoms with Gasteiger partial charge in [-0.1, -0.05) is 18.2 Å². The summed E-state index contributed by atoms with van der Waals surface area (Å²) in [6.45, 7) is 0. The zero-order valence-electron chi connectivity index (χ0n) is 10.0. The molecule has 0 spiro atoms. The molecule has 1 saturated carbocycles. The van der Waals surface area contributed by atoms with E-state index < -0.39 is 0 Å². The summed E-state index contributed by atoms with van der Waals surface area (Å²) in [5, 5.41) is 3.36. The van der Waals surface area contributed by atoms with Crippen LogP contribution in [-0.4, -0.2) is 18.7 Å². The van der Waals surface area contributed by atoms with Gasteiger partial charge in [-0.25, -0.2) is 0 Å². The fraction of sp³-hybridized carbons (Fsp3) is 0.500. The molecule has 0 radical (unpaired) electrons. The van der Waals surface area contributed by atoms with E-state index in [-0.39, 0.29) is 11.3 Å². The molecule has 1 N–H and O–H groups in total. The van der Waals surface area contributed by atoms with Crippen molar-refractivity contribution in [3.8, 4) is 0 Å². The van der Waals surface area contributed by atoms with E-state index in [9.17, 15) is 4.79 Å². The van der Waals surface area contributed by atoms with Crippen LogP contribution in [0.4, 0.5) is 5.69 Å². The molecule has 0 bridgehead atoms. The van der Waals surface area contributed by atoms with Gasteiger partial charge >= 0.3 is 0 Å². The van der Waals surface area contributed by atoms with E-state index in [4.69, 9.17) is 11.6 Å². The van der Waals surface area contributed by atoms with Crippen LogP contribution in [0.2, 0.25) is 0 Å². The van der Waals surface area contributed by atoms with Gasteiger partial charge in [0.25, 0.3) is 0 Å². The Morgan fingerprint density at radius 1 is 1.35 bits per heavy atom. The maximum absolute atomic E-state index is 11.2. The molecule has 1 fully saturated rings. The van der Waals surface area contributed by atoms with Crippen molar-refractivity contribution < 1.29 is 4.79 Å². The van der Waals surface area contributed by atoms with Gasteiger partial charge in [0.1, 0.15) is 6.29 Å². The maximum Gasteiger partial charge on any atom is 0.123 e. The van der Waals surface area contributed by atoms with Gasteiger partial charge in [0.2, 0.25) is 0 Å². The number of hydrogen-bond donors (Lipinski definition) is 1. The summed E-state index contributed by atoms with van der Waals surface area (Å²) >= 11 is 6.14. The van der Waals surface area contributed by atoms with Crippen LogP contribution >= 0.6 is 11.6 Å².